The number of pyridine rings is 1. The molecule has 1 aromatic carbocycles. The minimum absolute atomic E-state index is 0.0142. The maximum absolute atomic E-state index is 13.2. The van der Waals surface area contributed by atoms with Crippen molar-refractivity contribution >= 4 is 5.91 Å². The third kappa shape index (κ3) is 3.71. The van der Waals surface area contributed by atoms with Gasteiger partial charge in [0.2, 0.25) is 0 Å². The Morgan fingerprint density at radius 3 is 2.82 bits per heavy atom. The van der Waals surface area contributed by atoms with Crippen molar-refractivity contribution in [1.29, 1.82) is 5.26 Å². The van der Waals surface area contributed by atoms with Crippen LogP contribution in [0.5, 0.6) is 5.75 Å². The van der Waals surface area contributed by atoms with Crippen molar-refractivity contribution in [1.82, 2.24) is 14.8 Å². The number of fused-ring (bicyclic) bond motifs is 1. The molecule has 1 amide bonds. The molecule has 0 saturated carbocycles. The molecule has 6 nitrogen and oxygen atoms in total. The van der Waals surface area contributed by atoms with Crippen molar-refractivity contribution in [3.05, 3.63) is 59.4 Å². The third-order valence-corrected chi connectivity index (χ3v) is 5.69. The van der Waals surface area contributed by atoms with E-state index in [2.05, 4.69) is 16.8 Å². The van der Waals surface area contributed by atoms with E-state index in [4.69, 9.17) is 10.00 Å². The highest BCUT2D eigenvalue weighted by Gasteiger charge is 2.34. The molecule has 0 bridgehead atoms. The van der Waals surface area contributed by atoms with Crippen LogP contribution < -0.4 is 4.74 Å². The van der Waals surface area contributed by atoms with Gasteiger partial charge >= 0.3 is 0 Å². The highest BCUT2D eigenvalue weighted by atomic mass is 16.5. The fourth-order valence-electron chi connectivity index (χ4n) is 4.08. The molecule has 0 aliphatic carbocycles. The predicted octanol–water partition coefficient (Wildman–Crippen LogP) is 2.84. The van der Waals surface area contributed by atoms with E-state index in [0.29, 0.717) is 30.5 Å². The number of hydrogen-bond donors (Lipinski definition) is 0. The molecule has 3 heterocycles. The van der Waals surface area contributed by atoms with Crippen LogP contribution in [0.25, 0.3) is 0 Å². The van der Waals surface area contributed by atoms with Gasteiger partial charge in [-0.2, -0.15) is 5.26 Å². The second kappa shape index (κ2) is 7.99. The van der Waals surface area contributed by atoms with Gasteiger partial charge in [0, 0.05) is 31.1 Å². The first-order valence-corrected chi connectivity index (χ1v) is 9.81. The second-order valence-corrected chi connectivity index (χ2v) is 7.45. The Morgan fingerprint density at radius 2 is 2.11 bits per heavy atom. The first-order valence-electron chi connectivity index (χ1n) is 9.81. The number of amides is 1. The second-order valence-electron chi connectivity index (χ2n) is 7.45. The molecule has 2 atom stereocenters. The smallest absolute Gasteiger partial charge is 0.257 e. The van der Waals surface area contributed by atoms with Gasteiger partial charge in [-0.1, -0.05) is 18.2 Å². The number of carbonyl (C=O) groups is 1. The molecule has 4 rings (SSSR count). The third-order valence-electron chi connectivity index (χ3n) is 5.69. The number of nitrogens with zero attached hydrogens (tertiary/aromatic N) is 4. The maximum Gasteiger partial charge on any atom is 0.257 e. The first kappa shape index (κ1) is 18.5. The molecule has 0 radical (unpaired) electrons. The lowest BCUT2D eigenvalue weighted by Crippen LogP contribution is -2.51. The van der Waals surface area contributed by atoms with Gasteiger partial charge < -0.3 is 9.64 Å². The molecule has 2 aliphatic heterocycles. The SMILES string of the molecule is C[C@@H]1CCCN1CCN1C(=O)c2ccccc2CC1Oc1ccc(C#N)nc1. The van der Waals surface area contributed by atoms with Gasteiger partial charge in [-0.3, -0.25) is 9.69 Å². The number of ether oxygens (including phenoxy) is 1. The molecule has 6 heteroatoms. The van der Waals surface area contributed by atoms with Crippen LogP contribution in [0.4, 0.5) is 0 Å². The lowest BCUT2D eigenvalue weighted by atomic mass is 9.97. The summed E-state index contributed by atoms with van der Waals surface area (Å²) in [4.78, 5) is 21.5. The van der Waals surface area contributed by atoms with Crippen molar-refractivity contribution < 1.29 is 9.53 Å². The molecule has 0 spiro atoms. The molecule has 1 saturated heterocycles. The summed E-state index contributed by atoms with van der Waals surface area (Å²) < 4.78 is 6.15. The summed E-state index contributed by atoms with van der Waals surface area (Å²) in [6, 6.07) is 13.7. The van der Waals surface area contributed by atoms with Crippen molar-refractivity contribution in [3.8, 4) is 11.8 Å². The maximum atomic E-state index is 13.2. The van der Waals surface area contributed by atoms with Gasteiger partial charge in [-0.05, 0) is 50.1 Å². The summed E-state index contributed by atoms with van der Waals surface area (Å²) in [7, 11) is 0. The van der Waals surface area contributed by atoms with Crippen LogP contribution in [-0.4, -0.2) is 52.6 Å². The molecule has 1 aromatic heterocycles. The van der Waals surface area contributed by atoms with Crippen LogP contribution in [-0.2, 0) is 6.42 Å². The average molecular weight is 376 g/mol. The lowest BCUT2D eigenvalue weighted by Gasteiger charge is -2.37. The Bertz CT molecular complexity index is 890. The largest absolute Gasteiger partial charge is 0.468 e. The summed E-state index contributed by atoms with van der Waals surface area (Å²) in [6.07, 6.45) is 4.24. The van der Waals surface area contributed by atoms with E-state index in [-0.39, 0.29) is 12.1 Å². The number of benzene rings is 1. The van der Waals surface area contributed by atoms with E-state index in [1.54, 1.807) is 18.3 Å². The van der Waals surface area contributed by atoms with Crippen molar-refractivity contribution in [2.45, 2.75) is 38.5 Å². The molecule has 144 valence electrons. The van der Waals surface area contributed by atoms with Crippen LogP contribution >= 0.6 is 0 Å². The molecule has 28 heavy (non-hydrogen) atoms. The minimum Gasteiger partial charge on any atom is -0.468 e. The quantitative estimate of drug-likeness (QED) is 0.803. The topological polar surface area (TPSA) is 69.5 Å². The van der Waals surface area contributed by atoms with Gasteiger partial charge in [0.25, 0.3) is 5.91 Å². The van der Waals surface area contributed by atoms with Gasteiger partial charge in [0.05, 0.1) is 6.20 Å². The minimum atomic E-state index is -0.380. The van der Waals surface area contributed by atoms with Gasteiger partial charge in [0.15, 0.2) is 6.23 Å². The van der Waals surface area contributed by atoms with Crippen LogP contribution in [0.1, 0.15) is 41.4 Å². The standard InChI is InChI=1S/C22H24N4O2/c1-16-5-4-10-25(16)11-12-26-21(28-19-9-8-18(14-23)24-15-19)13-17-6-2-3-7-20(17)22(26)27/h2-3,6-9,15-16,21H,4-5,10-13H2,1H3/t16-,21?/m1/s1. The monoisotopic (exact) mass is 376 g/mol. The average Bonchev–Trinajstić information content (AvgIpc) is 3.13. The van der Waals surface area contributed by atoms with Crippen LogP contribution in [0.15, 0.2) is 42.6 Å². The molecule has 1 fully saturated rings. The molecule has 2 aliphatic rings. The Kier molecular flexibility index (Phi) is 5.27. The van der Waals surface area contributed by atoms with Gasteiger partial charge in [-0.25, -0.2) is 4.98 Å². The number of hydrogen-bond acceptors (Lipinski definition) is 5. The van der Waals surface area contributed by atoms with Crippen LogP contribution in [0.3, 0.4) is 0 Å². The van der Waals surface area contributed by atoms with Crippen LogP contribution in [0.2, 0.25) is 0 Å². The normalized spacial score (nSPS) is 22.0. The predicted molar refractivity (Wildman–Crippen MR) is 105 cm³/mol. The van der Waals surface area contributed by atoms with E-state index in [1.165, 1.54) is 12.8 Å². The molecular weight excluding hydrogens is 352 g/mol. The number of carbonyl (C=O) groups excluding carboxylic acids is 1. The molecule has 1 unspecified atom stereocenters. The summed E-state index contributed by atoms with van der Waals surface area (Å²) in [6.45, 7) is 4.81. The number of aromatic nitrogens is 1. The van der Waals surface area contributed by atoms with Crippen molar-refractivity contribution in [3.63, 3.8) is 0 Å². The molecular formula is C22H24N4O2. The molecule has 2 aromatic rings. The van der Waals surface area contributed by atoms with E-state index < -0.39 is 0 Å². The van der Waals surface area contributed by atoms with Gasteiger partial charge in [0.1, 0.15) is 17.5 Å². The zero-order valence-electron chi connectivity index (χ0n) is 16.0. The summed E-state index contributed by atoms with van der Waals surface area (Å²) in [5.74, 6) is 0.580. The zero-order valence-corrected chi connectivity index (χ0v) is 16.0. The zero-order chi connectivity index (χ0) is 19.5. The number of nitriles is 1. The highest BCUT2D eigenvalue weighted by molar-refractivity contribution is 5.97. The van der Waals surface area contributed by atoms with Crippen molar-refractivity contribution in [2.24, 2.45) is 0 Å². The van der Waals surface area contributed by atoms with E-state index in [0.717, 1.165) is 24.2 Å². The number of likely N-dealkylation sites (tertiary alicyclic amines) is 1. The van der Waals surface area contributed by atoms with Crippen molar-refractivity contribution in [2.75, 3.05) is 19.6 Å². The first-order chi connectivity index (χ1) is 13.7. The Labute approximate surface area is 165 Å². The summed E-state index contributed by atoms with van der Waals surface area (Å²) in [5.41, 5.74) is 2.11. The van der Waals surface area contributed by atoms with E-state index in [9.17, 15) is 4.79 Å². The van der Waals surface area contributed by atoms with E-state index in [1.807, 2.05) is 35.2 Å². The van der Waals surface area contributed by atoms with E-state index >= 15 is 0 Å². The Hall–Kier alpha value is -2.91. The van der Waals surface area contributed by atoms with Crippen LogP contribution in [0, 0.1) is 11.3 Å². The fourth-order valence-corrected chi connectivity index (χ4v) is 4.08. The van der Waals surface area contributed by atoms with Gasteiger partial charge in [-0.15, -0.1) is 0 Å². The molecule has 0 N–H and O–H groups in total. The highest BCUT2D eigenvalue weighted by Crippen LogP contribution is 2.26. The Morgan fingerprint density at radius 1 is 1.25 bits per heavy atom. The number of rotatable bonds is 5. The lowest BCUT2D eigenvalue weighted by molar-refractivity contribution is 0.0119. The summed E-state index contributed by atoms with van der Waals surface area (Å²) in [5, 5.41) is 8.92. The summed E-state index contributed by atoms with van der Waals surface area (Å²) >= 11 is 0. The Balaban J connectivity index is 1.55. The fraction of sp³-hybridized carbons (Fsp3) is 0.409.